The minimum absolute atomic E-state index is 0.145. The first kappa shape index (κ1) is 19.9. The van der Waals surface area contributed by atoms with Crippen molar-refractivity contribution in [2.45, 2.75) is 32.8 Å². The largest absolute Gasteiger partial charge is 0.449 e. The topological polar surface area (TPSA) is 64.4 Å². The standard InChI is InChI=1S/C24H25N3O3/c1-17-10-12-19(13-11-17)22-21(16-27(25-22)20-8-4-3-5-9-20)24(29)30-18(2)23(28)26-14-6-7-15-26/h3-5,8-13,16,18H,6-7,14-15H2,1-2H3/t18-/m0/s1. The number of amides is 1. The third kappa shape index (κ3) is 4.13. The van der Waals surface area contributed by atoms with Gasteiger partial charge in [0.05, 0.1) is 5.69 Å². The van der Waals surface area contributed by atoms with Crippen LogP contribution >= 0.6 is 0 Å². The third-order valence-electron chi connectivity index (χ3n) is 5.33. The van der Waals surface area contributed by atoms with E-state index in [9.17, 15) is 9.59 Å². The van der Waals surface area contributed by atoms with E-state index < -0.39 is 12.1 Å². The van der Waals surface area contributed by atoms with Crippen LogP contribution in [0.25, 0.3) is 16.9 Å². The summed E-state index contributed by atoms with van der Waals surface area (Å²) < 4.78 is 7.23. The average molecular weight is 403 g/mol. The number of esters is 1. The molecule has 3 aromatic rings. The number of hydrogen-bond donors (Lipinski definition) is 0. The van der Waals surface area contributed by atoms with Crippen LogP contribution in [0.15, 0.2) is 60.8 Å². The lowest BCUT2D eigenvalue weighted by molar-refractivity contribution is -0.138. The van der Waals surface area contributed by atoms with Crippen molar-refractivity contribution in [2.24, 2.45) is 0 Å². The van der Waals surface area contributed by atoms with Gasteiger partial charge in [0.1, 0.15) is 11.3 Å². The molecule has 0 unspecified atom stereocenters. The molecule has 0 radical (unpaired) electrons. The summed E-state index contributed by atoms with van der Waals surface area (Å²) >= 11 is 0. The van der Waals surface area contributed by atoms with E-state index in [-0.39, 0.29) is 5.91 Å². The van der Waals surface area contributed by atoms with Crippen LogP contribution < -0.4 is 0 Å². The van der Waals surface area contributed by atoms with E-state index >= 15 is 0 Å². The number of carbonyl (C=O) groups is 2. The van der Waals surface area contributed by atoms with Crippen molar-refractivity contribution in [3.63, 3.8) is 0 Å². The van der Waals surface area contributed by atoms with E-state index in [1.165, 1.54) is 0 Å². The van der Waals surface area contributed by atoms with Crippen LogP contribution in [-0.4, -0.2) is 45.8 Å². The number of likely N-dealkylation sites (tertiary alicyclic amines) is 1. The molecule has 2 aromatic carbocycles. The zero-order valence-electron chi connectivity index (χ0n) is 17.2. The molecule has 30 heavy (non-hydrogen) atoms. The van der Waals surface area contributed by atoms with Crippen LogP contribution in [-0.2, 0) is 9.53 Å². The van der Waals surface area contributed by atoms with Gasteiger partial charge in [-0.3, -0.25) is 4.79 Å². The molecular weight excluding hydrogens is 378 g/mol. The first-order valence-electron chi connectivity index (χ1n) is 10.2. The number of benzene rings is 2. The fraction of sp³-hybridized carbons (Fsp3) is 0.292. The lowest BCUT2D eigenvalue weighted by atomic mass is 10.1. The molecular formula is C24H25N3O3. The number of ether oxygens (including phenoxy) is 1. The van der Waals surface area contributed by atoms with Gasteiger partial charge in [0.25, 0.3) is 5.91 Å². The SMILES string of the molecule is Cc1ccc(-c2nn(-c3ccccc3)cc2C(=O)O[C@@H](C)C(=O)N2CCCC2)cc1. The van der Waals surface area contributed by atoms with Crippen molar-refractivity contribution < 1.29 is 14.3 Å². The Morgan fingerprint density at radius 2 is 1.67 bits per heavy atom. The van der Waals surface area contributed by atoms with Crippen molar-refractivity contribution in [1.29, 1.82) is 0 Å². The van der Waals surface area contributed by atoms with Crippen molar-refractivity contribution in [2.75, 3.05) is 13.1 Å². The molecule has 1 atom stereocenters. The van der Waals surface area contributed by atoms with Crippen LogP contribution in [0, 0.1) is 6.92 Å². The molecule has 1 fully saturated rings. The van der Waals surface area contributed by atoms with Gasteiger partial charge in [0.15, 0.2) is 6.10 Å². The Bertz CT molecular complexity index is 1040. The van der Waals surface area contributed by atoms with E-state index in [1.807, 2.05) is 61.5 Å². The van der Waals surface area contributed by atoms with Gasteiger partial charge in [-0.15, -0.1) is 0 Å². The van der Waals surface area contributed by atoms with Gasteiger partial charge in [0, 0.05) is 24.8 Å². The number of para-hydroxylation sites is 1. The van der Waals surface area contributed by atoms with Crippen molar-refractivity contribution in [3.05, 3.63) is 71.9 Å². The highest BCUT2D eigenvalue weighted by Gasteiger charge is 2.28. The van der Waals surface area contributed by atoms with Gasteiger partial charge in [-0.25, -0.2) is 9.48 Å². The molecule has 1 aromatic heterocycles. The first-order valence-corrected chi connectivity index (χ1v) is 10.2. The Morgan fingerprint density at radius 3 is 2.33 bits per heavy atom. The molecule has 0 spiro atoms. The number of nitrogens with zero attached hydrogens (tertiary/aromatic N) is 3. The van der Waals surface area contributed by atoms with Gasteiger partial charge in [0.2, 0.25) is 0 Å². The molecule has 0 saturated carbocycles. The molecule has 1 amide bonds. The van der Waals surface area contributed by atoms with Crippen LogP contribution in [0.3, 0.4) is 0 Å². The summed E-state index contributed by atoms with van der Waals surface area (Å²) in [6, 6.07) is 17.4. The van der Waals surface area contributed by atoms with E-state index in [0.29, 0.717) is 11.3 Å². The molecule has 0 aliphatic carbocycles. The maximum atomic E-state index is 13.0. The first-order chi connectivity index (χ1) is 14.5. The van der Waals surface area contributed by atoms with Crippen LogP contribution in [0.4, 0.5) is 0 Å². The minimum atomic E-state index is -0.832. The number of aromatic nitrogens is 2. The van der Waals surface area contributed by atoms with Crippen LogP contribution in [0.2, 0.25) is 0 Å². The van der Waals surface area contributed by atoms with E-state index in [2.05, 4.69) is 5.10 Å². The van der Waals surface area contributed by atoms with E-state index in [1.54, 1.807) is 22.7 Å². The van der Waals surface area contributed by atoms with E-state index in [4.69, 9.17) is 4.74 Å². The monoisotopic (exact) mass is 403 g/mol. The zero-order valence-corrected chi connectivity index (χ0v) is 17.2. The smallest absolute Gasteiger partial charge is 0.342 e. The summed E-state index contributed by atoms with van der Waals surface area (Å²) in [5, 5.41) is 4.65. The highest BCUT2D eigenvalue weighted by atomic mass is 16.5. The second-order valence-electron chi connectivity index (χ2n) is 7.62. The van der Waals surface area contributed by atoms with Crippen molar-refractivity contribution >= 4 is 11.9 Å². The van der Waals surface area contributed by atoms with Crippen molar-refractivity contribution in [3.8, 4) is 16.9 Å². The lowest BCUT2D eigenvalue weighted by Gasteiger charge is -2.20. The quantitative estimate of drug-likeness (QED) is 0.604. The van der Waals surface area contributed by atoms with E-state index in [0.717, 1.165) is 42.7 Å². The Kier molecular flexibility index (Phi) is 5.65. The summed E-state index contributed by atoms with van der Waals surface area (Å²) in [4.78, 5) is 27.3. The second-order valence-corrected chi connectivity index (χ2v) is 7.62. The van der Waals surface area contributed by atoms with Gasteiger partial charge in [-0.2, -0.15) is 5.10 Å². The Hall–Kier alpha value is -3.41. The van der Waals surface area contributed by atoms with Gasteiger partial charge < -0.3 is 9.64 Å². The van der Waals surface area contributed by atoms with Gasteiger partial charge >= 0.3 is 5.97 Å². The minimum Gasteiger partial charge on any atom is -0.449 e. The van der Waals surface area contributed by atoms with Crippen LogP contribution in [0.1, 0.15) is 35.7 Å². The van der Waals surface area contributed by atoms with Crippen molar-refractivity contribution in [1.82, 2.24) is 14.7 Å². The fourth-order valence-corrected chi connectivity index (χ4v) is 3.63. The highest BCUT2D eigenvalue weighted by molar-refractivity contribution is 5.97. The van der Waals surface area contributed by atoms with Crippen LogP contribution in [0.5, 0.6) is 0 Å². The Morgan fingerprint density at radius 1 is 1.00 bits per heavy atom. The maximum Gasteiger partial charge on any atom is 0.342 e. The molecule has 0 N–H and O–H groups in total. The summed E-state index contributed by atoms with van der Waals surface area (Å²) in [7, 11) is 0. The van der Waals surface area contributed by atoms with Gasteiger partial charge in [-0.05, 0) is 38.8 Å². The predicted molar refractivity (Wildman–Crippen MR) is 114 cm³/mol. The summed E-state index contributed by atoms with van der Waals surface area (Å²) in [6.45, 7) is 5.08. The molecule has 6 nitrogen and oxygen atoms in total. The molecule has 1 saturated heterocycles. The Labute approximate surface area is 176 Å². The average Bonchev–Trinajstić information content (AvgIpc) is 3.45. The fourth-order valence-electron chi connectivity index (χ4n) is 3.63. The summed E-state index contributed by atoms with van der Waals surface area (Å²) in [5.74, 6) is -0.694. The predicted octanol–water partition coefficient (Wildman–Crippen LogP) is 4.02. The summed E-state index contributed by atoms with van der Waals surface area (Å²) in [6.07, 6.45) is 2.82. The number of aryl methyl sites for hydroxylation is 1. The van der Waals surface area contributed by atoms with Gasteiger partial charge in [-0.1, -0.05) is 48.0 Å². The molecule has 1 aliphatic rings. The normalized spacial score (nSPS) is 14.5. The zero-order chi connectivity index (χ0) is 21.1. The third-order valence-corrected chi connectivity index (χ3v) is 5.33. The lowest BCUT2D eigenvalue weighted by Crippen LogP contribution is -2.38. The Balaban J connectivity index is 1.64. The molecule has 0 bridgehead atoms. The number of carbonyl (C=O) groups excluding carboxylic acids is 2. The number of hydrogen-bond acceptors (Lipinski definition) is 4. The summed E-state index contributed by atoms with van der Waals surface area (Å²) in [5.41, 5.74) is 3.65. The molecule has 4 rings (SSSR count). The molecule has 1 aliphatic heterocycles. The maximum absolute atomic E-state index is 13.0. The highest BCUT2D eigenvalue weighted by Crippen LogP contribution is 2.25. The number of rotatable bonds is 5. The molecule has 154 valence electrons. The molecule has 2 heterocycles. The second kappa shape index (κ2) is 8.53. The molecule has 6 heteroatoms.